The Balaban J connectivity index is 1.77. The normalized spacial score (nSPS) is 14.9. The molecule has 0 N–H and O–H groups in total. The molecule has 1 amide bonds. The lowest BCUT2D eigenvalue weighted by Crippen LogP contribution is -2.43. The quantitative estimate of drug-likeness (QED) is 0.732. The van der Waals surface area contributed by atoms with Crippen molar-refractivity contribution in [3.05, 3.63) is 63.4 Å². The predicted octanol–water partition coefficient (Wildman–Crippen LogP) is 3.67. The highest BCUT2D eigenvalue weighted by molar-refractivity contribution is 6.36. The van der Waals surface area contributed by atoms with Crippen LogP contribution in [0.25, 0.3) is 0 Å². The summed E-state index contributed by atoms with van der Waals surface area (Å²) < 4.78 is 5.40. The van der Waals surface area contributed by atoms with E-state index >= 15 is 0 Å². The van der Waals surface area contributed by atoms with Gasteiger partial charge >= 0.3 is 0 Å². The molecule has 5 nitrogen and oxygen atoms in total. The number of carbonyl (C=O) groups is 1. The first-order valence-electron chi connectivity index (χ1n) is 9.00. The summed E-state index contributed by atoms with van der Waals surface area (Å²) >= 11 is 12.2. The molecule has 1 aromatic carbocycles. The fraction of sp³-hybridized carbons (Fsp3) is 0.400. The van der Waals surface area contributed by atoms with Crippen LogP contribution in [0.4, 0.5) is 0 Å². The fourth-order valence-corrected chi connectivity index (χ4v) is 3.55. The maximum absolute atomic E-state index is 13.2. The van der Waals surface area contributed by atoms with Gasteiger partial charge in [-0.05, 0) is 37.3 Å². The molecule has 0 bridgehead atoms. The van der Waals surface area contributed by atoms with Crippen LogP contribution >= 0.6 is 23.2 Å². The molecule has 1 aliphatic rings. The number of halogens is 2. The summed E-state index contributed by atoms with van der Waals surface area (Å²) in [5.41, 5.74) is 2.24. The van der Waals surface area contributed by atoms with Crippen LogP contribution in [-0.4, -0.2) is 60.1 Å². The number of hydrogen-bond donors (Lipinski definition) is 0. The van der Waals surface area contributed by atoms with Gasteiger partial charge in [0.1, 0.15) is 0 Å². The SMILES string of the molecule is Cc1cccc(CN(CCN2CCOCC2)C(=O)c2ccc(Cl)cc2Cl)n1. The molecule has 0 radical (unpaired) electrons. The zero-order valence-electron chi connectivity index (χ0n) is 15.3. The fourth-order valence-electron chi connectivity index (χ4n) is 3.06. The molecule has 0 spiro atoms. The van der Waals surface area contributed by atoms with Crippen molar-refractivity contribution in [2.24, 2.45) is 0 Å². The van der Waals surface area contributed by atoms with E-state index in [4.69, 9.17) is 27.9 Å². The van der Waals surface area contributed by atoms with Crippen LogP contribution in [0.1, 0.15) is 21.7 Å². The molecule has 2 aromatic rings. The van der Waals surface area contributed by atoms with Crippen LogP contribution in [0.5, 0.6) is 0 Å². The van der Waals surface area contributed by atoms with E-state index in [0.717, 1.165) is 44.2 Å². The van der Waals surface area contributed by atoms with E-state index in [2.05, 4.69) is 9.88 Å². The minimum Gasteiger partial charge on any atom is -0.379 e. The molecule has 0 saturated carbocycles. The van der Waals surface area contributed by atoms with Crippen molar-refractivity contribution in [2.75, 3.05) is 39.4 Å². The lowest BCUT2D eigenvalue weighted by atomic mass is 10.2. The van der Waals surface area contributed by atoms with Crippen LogP contribution in [-0.2, 0) is 11.3 Å². The molecule has 0 unspecified atom stereocenters. The number of aromatic nitrogens is 1. The summed E-state index contributed by atoms with van der Waals surface area (Å²) in [4.78, 5) is 21.8. The van der Waals surface area contributed by atoms with Gasteiger partial charge in [-0.3, -0.25) is 14.7 Å². The number of pyridine rings is 1. The van der Waals surface area contributed by atoms with E-state index in [1.807, 2.05) is 25.1 Å². The largest absolute Gasteiger partial charge is 0.379 e. The molecule has 1 aliphatic heterocycles. The summed E-state index contributed by atoms with van der Waals surface area (Å²) in [6.07, 6.45) is 0. The monoisotopic (exact) mass is 407 g/mol. The number of nitrogens with zero attached hydrogens (tertiary/aromatic N) is 3. The number of carbonyl (C=O) groups excluding carboxylic acids is 1. The summed E-state index contributed by atoms with van der Waals surface area (Å²) in [6, 6.07) is 10.8. The number of benzene rings is 1. The lowest BCUT2D eigenvalue weighted by molar-refractivity contribution is 0.0319. The molecule has 1 fully saturated rings. The van der Waals surface area contributed by atoms with E-state index in [-0.39, 0.29) is 5.91 Å². The van der Waals surface area contributed by atoms with Gasteiger partial charge in [-0.1, -0.05) is 29.3 Å². The van der Waals surface area contributed by atoms with Gasteiger partial charge in [0.25, 0.3) is 5.91 Å². The molecule has 2 heterocycles. The van der Waals surface area contributed by atoms with E-state index in [1.165, 1.54) is 0 Å². The Morgan fingerprint density at radius 2 is 2.00 bits per heavy atom. The maximum Gasteiger partial charge on any atom is 0.255 e. The minimum absolute atomic E-state index is 0.117. The number of aryl methyl sites for hydroxylation is 1. The first kappa shape index (κ1) is 20.1. The molecule has 27 heavy (non-hydrogen) atoms. The van der Waals surface area contributed by atoms with Crippen molar-refractivity contribution in [1.29, 1.82) is 0 Å². The third-order valence-corrected chi connectivity index (χ3v) is 5.09. The first-order valence-corrected chi connectivity index (χ1v) is 9.75. The van der Waals surface area contributed by atoms with E-state index in [1.54, 1.807) is 23.1 Å². The Morgan fingerprint density at radius 1 is 1.22 bits per heavy atom. The van der Waals surface area contributed by atoms with Crippen LogP contribution < -0.4 is 0 Å². The summed E-state index contributed by atoms with van der Waals surface area (Å²) in [6.45, 7) is 6.98. The molecule has 1 aromatic heterocycles. The van der Waals surface area contributed by atoms with Gasteiger partial charge in [0.15, 0.2) is 0 Å². The van der Waals surface area contributed by atoms with Gasteiger partial charge in [-0.25, -0.2) is 0 Å². The predicted molar refractivity (Wildman–Crippen MR) is 107 cm³/mol. The Kier molecular flexibility index (Phi) is 7.07. The maximum atomic E-state index is 13.2. The van der Waals surface area contributed by atoms with Gasteiger partial charge < -0.3 is 9.64 Å². The molecule has 0 atom stereocenters. The van der Waals surface area contributed by atoms with Gasteiger partial charge in [-0.15, -0.1) is 0 Å². The molecule has 144 valence electrons. The van der Waals surface area contributed by atoms with Crippen molar-refractivity contribution in [1.82, 2.24) is 14.8 Å². The number of morpholine rings is 1. The second-order valence-electron chi connectivity index (χ2n) is 6.58. The van der Waals surface area contributed by atoms with Crippen LogP contribution in [0.3, 0.4) is 0 Å². The van der Waals surface area contributed by atoms with Gasteiger partial charge in [-0.2, -0.15) is 0 Å². The third-order valence-electron chi connectivity index (χ3n) is 4.54. The van der Waals surface area contributed by atoms with Crippen molar-refractivity contribution in [2.45, 2.75) is 13.5 Å². The van der Waals surface area contributed by atoms with Crippen LogP contribution in [0.15, 0.2) is 36.4 Å². The van der Waals surface area contributed by atoms with Crippen LogP contribution in [0, 0.1) is 6.92 Å². The average molecular weight is 408 g/mol. The molecule has 3 rings (SSSR count). The highest BCUT2D eigenvalue weighted by atomic mass is 35.5. The Morgan fingerprint density at radius 3 is 2.70 bits per heavy atom. The minimum atomic E-state index is -0.117. The van der Waals surface area contributed by atoms with Gasteiger partial charge in [0.05, 0.1) is 36.0 Å². The van der Waals surface area contributed by atoms with E-state index in [9.17, 15) is 4.79 Å². The second kappa shape index (κ2) is 9.51. The standard InChI is InChI=1S/C20H23Cl2N3O2/c1-15-3-2-4-17(23-15)14-25(8-7-24-9-11-27-12-10-24)20(26)18-6-5-16(21)13-19(18)22/h2-6,13H,7-12,14H2,1H3. The van der Waals surface area contributed by atoms with Crippen LogP contribution in [0.2, 0.25) is 10.0 Å². The van der Waals surface area contributed by atoms with Gasteiger partial charge in [0.2, 0.25) is 0 Å². The molecular weight excluding hydrogens is 385 g/mol. The van der Waals surface area contributed by atoms with Crippen molar-refractivity contribution in [3.63, 3.8) is 0 Å². The highest BCUT2D eigenvalue weighted by Crippen LogP contribution is 2.23. The lowest BCUT2D eigenvalue weighted by Gasteiger charge is -2.30. The Labute approximate surface area is 169 Å². The highest BCUT2D eigenvalue weighted by Gasteiger charge is 2.21. The first-order chi connectivity index (χ1) is 13.0. The number of amides is 1. The summed E-state index contributed by atoms with van der Waals surface area (Å²) in [5.74, 6) is -0.117. The number of ether oxygens (including phenoxy) is 1. The number of rotatable bonds is 6. The summed E-state index contributed by atoms with van der Waals surface area (Å²) in [7, 11) is 0. The van der Waals surface area contributed by atoms with Gasteiger partial charge in [0, 0.05) is 36.9 Å². The zero-order chi connectivity index (χ0) is 19.2. The molecular formula is C20H23Cl2N3O2. The zero-order valence-corrected chi connectivity index (χ0v) is 16.8. The van der Waals surface area contributed by atoms with E-state index in [0.29, 0.717) is 28.7 Å². The average Bonchev–Trinajstić information content (AvgIpc) is 2.65. The summed E-state index contributed by atoms with van der Waals surface area (Å²) in [5, 5.41) is 0.873. The number of hydrogen-bond acceptors (Lipinski definition) is 4. The molecule has 1 saturated heterocycles. The van der Waals surface area contributed by atoms with Crippen molar-refractivity contribution >= 4 is 29.1 Å². The van der Waals surface area contributed by atoms with Crippen molar-refractivity contribution < 1.29 is 9.53 Å². The Hall–Kier alpha value is -1.66. The molecule has 0 aliphatic carbocycles. The molecule has 7 heteroatoms. The third kappa shape index (κ3) is 5.66. The smallest absolute Gasteiger partial charge is 0.255 e. The second-order valence-corrected chi connectivity index (χ2v) is 7.42. The Bertz CT molecular complexity index is 795. The van der Waals surface area contributed by atoms with Crippen molar-refractivity contribution in [3.8, 4) is 0 Å². The topological polar surface area (TPSA) is 45.7 Å². The van der Waals surface area contributed by atoms with E-state index < -0.39 is 0 Å².